The van der Waals surface area contributed by atoms with Crippen molar-refractivity contribution in [3.05, 3.63) is 29.3 Å². The lowest BCUT2D eigenvalue weighted by molar-refractivity contribution is -0.148. The molecule has 0 saturated carbocycles. The molecule has 2 rings (SSSR count). The molecule has 0 bridgehead atoms. The molecular formula is C15H19NO5. The molecule has 0 saturated heterocycles. The average Bonchev–Trinajstić information content (AvgIpc) is 2.74. The number of carboxylic acids is 1. The van der Waals surface area contributed by atoms with Gasteiger partial charge in [0.1, 0.15) is 11.9 Å². The van der Waals surface area contributed by atoms with Crippen LogP contribution in [-0.2, 0) is 9.53 Å². The first-order valence-electron chi connectivity index (χ1n) is 6.79. The Morgan fingerprint density at radius 3 is 2.76 bits per heavy atom. The largest absolute Gasteiger partial charge is 0.489 e. The molecule has 1 aliphatic heterocycles. The summed E-state index contributed by atoms with van der Waals surface area (Å²) in [6, 6.07) is 5.41. The second-order valence-corrected chi connectivity index (χ2v) is 5.11. The smallest absolute Gasteiger partial charge is 0.334 e. The molecule has 0 radical (unpaired) electrons. The van der Waals surface area contributed by atoms with Crippen LogP contribution in [-0.4, -0.2) is 42.8 Å². The molecule has 0 aromatic heterocycles. The summed E-state index contributed by atoms with van der Waals surface area (Å²) in [7, 11) is 1.29. The maximum atomic E-state index is 12.2. The molecule has 3 unspecified atom stereocenters. The zero-order valence-electron chi connectivity index (χ0n) is 12.3. The number of hydrogen-bond acceptors (Lipinski definition) is 4. The summed E-state index contributed by atoms with van der Waals surface area (Å²) in [5.74, 6) is -0.677. The van der Waals surface area contributed by atoms with Crippen LogP contribution in [0.3, 0.4) is 0 Å². The quantitative estimate of drug-likeness (QED) is 0.857. The van der Waals surface area contributed by atoms with E-state index in [0.29, 0.717) is 11.3 Å². The van der Waals surface area contributed by atoms with Crippen molar-refractivity contribution in [2.45, 2.75) is 32.0 Å². The van der Waals surface area contributed by atoms with Crippen LogP contribution < -0.4 is 10.1 Å². The third kappa shape index (κ3) is 3.00. The molecule has 3 atom stereocenters. The number of carbonyl (C=O) groups is 2. The summed E-state index contributed by atoms with van der Waals surface area (Å²) in [4.78, 5) is 23.1. The number of carboxylic acid groups (broad SMARTS) is 1. The molecule has 1 amide bonds. The number of carbonyl (C=O) groups excluding carboxylic acids is 1. The highest BCUT2D eigenvalue weighted by Crippen LogP contribution is 2.40. The van der Waals surface area contributed by atoms with E-state index in [0.717, 1.165) is 5.56 Å². The highest BCUT2D eigenvalue weighted by molar-refractivity contribution is 5.97. The van der Waals surface area contributed by atoms with Gasteiger partial charge in [0.15, 0.2) is 6.10 Å². The van der Waals surface area contributed by atoms with Crippen molar-refractivity contribution in [3.8, 4) is 5.75 Å². The highest BCUT2D eigenvalue weighted by Gasteiger charge is 2.31. The van der Waals surface area contributed by atoms with Crippen molar-refractivity contribution in [2.75, 3.05) is 13.7 Å². The minimum Gasteiger partial charge on any atom is -0.489 e. The van der Waals surface area contributed by atoms with E-state index < -0.39 is 12.1 Å². The van der Waals surface area contributed by atoms with Gasteiger partial charge in [0.25, 0.3) is 5.91 Å². The van der Waals surface area contributed by atoms with Crippen LogP contribution in [0.2, 0.25) is 0 Å². The minimum atomic E-state index is -1.12. The number of para-hydroxylation sites is 1. The van der Waals surface area contributed by atoms with Gasteiger partial charge in [0.2, 0.25) is 0 Å². The highest BCUT2D eigenvalue weighted by atomic mass is 16.5. The molecule has 6 heteroatoms. The molecule has 0 aliphatic carbocycles. The molecule has 114 valence electrons. The van der Waals surface area contributed by atoms with E-state index in [1.54, 1.807) is 12.1 Å². The van der Waals surface area contributed by atoms with Crippen LogP contribution in [0.5, 0.6) is 5.75 Å². The number of methoxy groups -OCH3 is 1. The summed E-state index contributed by atoms with van der Waals surface area (Å²) < 4.78 is 10.5. The summed E-state index contributed by atoms with van der Waals surface area (Å²) in [5.41, 5.74) is 1.42. The minimum absolute atomic E-state index is 0.0136. The Morgan fingerprint density at radius 1 is 1.43 bits per heavy atom. The van der Waals surface area contributed by atoms with Gasteiger partial charge in [-0.05, 0) is 13.0 Å². The van der Waals surface area contributed by atoms with Crippen molar-refractivity contribution in [1.29, 1.82) is 0 Å². The lowest BCUT2D eigenvalue weighted by Crippen LogP contribution is -2.37. The summed E-state index contributed by atoms with van der Waals surface area (Å²) in [6.07, 6.45) is -1.05. The lowest BCUT2D eigenvalue weighted by atomic mass is 9.97. The number of aliphatic carboxylic acids is 1. The van der Waals surface area contributed by atoms with Crippen LogP contribution >= 0.6 is 0 Å². The summed E-state index contributed by atoms with van der Waals surface area (Å²) in [6.45, 7) is 3.90. The van der Waals surface area contributed by atoms with Gasteiger partial charge < -0.3 is 19.9 Å². The SMILES string of the molecule is COC(CNC(=O)c1cccc2c1OC(C)C2C)C(=O)O. The fourth-order valence-electron chi connectivity index (χ4n) is 2.32. The first kappa shape index (κ1) is 15.3. The number of nitrogens with one attached hydrogen (secondary N) is 1. The van der Waals surface area contributed by atoms with Crippen molar-refractivity contribution in [2.24, 2.45) is 0 Å². The van der Waals surface area contributed by atoms with Crippen molar-refractivity contribution >= 4 is 11.9 Å². The third-order valence-electron chi connectivity index (χ3n) is 3.80. The fourth-order valence-corrected chi connectivity index (χ4v) is 2.32. The molecule has 1 aliphatic rings. The van der Waals surface area contributed by atoms with E-state index >= 15 is 0 Å². The molecule has 21 heavy (non-hydrogen) atoms. The van der Waals surface area contributed by atoms with Crippen LogP contribution in [0.25, 0.3) is 0 Å². The van der Waals surface area contributed by atoms with E-state index in [4.69, 9.17) is 14.6 Å². The third-order valence-corrected chi connectivity index (χ3v) is 3.80. The van der Waals surface area contributed by atoms with Crippen molar-refractivity contribution < 1.29 is 24.2 Å². The Balaban J connectivity index is 2.13. The predicted molar refractivity (Wildman–Crippen MR) is 75.7 cm³/mol. The van der Waals surface area contributed by atoms with Crippen molar-refractivity contribution in [3.63, 3.8) is 0 Å². The normalized spacial score (nSPS) is 21.3. The van der Waals surface area contributed by atoms with E-state index in [-0.39, 0.29) is 24.5 Å². The van der Waals surface area contributed by atoms with Gasteiger partial charge in [0.05, 0.1) is 12.1 Å². The van der Waals surface area contributed by atoms with Crippen LogP contribution in [0.4, 0.5) is 0 Å². The number of ether oxygens (including phenoxy) is 2. The van der Waals surface area contributed by atoms with Gasteiger partial charge in [-0.2, -0.15) is 0 Å². The molecular weight excluding hydrogens is 274 g/mol. The number of benzene rings is 1. The van der Waals surface area contributed by atoms with Gasteiger partial charge in [-0.15, -0.1) is 0 Å². The molecule has 0 spiro atoms. The van der Waals surface area contributed by atoms with Gasteiger partial charge in [0, 0.05) is 18.6 Å². The van der Waals surface area contributed by atoms with Gasteiger partial charge >= 0.3 is 5.97 Å². The first-order valence-corrected chi connectivity index (χ1v) is 6.79. The van der Waals surface area contributed by atoms with E-state index in [1.807, 2.05) is 19.9 Å². The zero-order valence-corrected chi connectivity index (χ0v) is 12.3. The predicted octanol–water partition coefficient (Wildman–Crippen LogP) is 1.40. The Bertz CT molecular complexity index is 557. The molecule has 1 aromatic carbocycles. The van der Waals surface area contributed by atoms with Gasteiger partial charge in [-0.3, -0.25) is 4.79 Å². The summed E-state index contributed by atoms with van der Waals surface area (Å²) in [5, 5.41) is 11.4. The Kier molecular flexibility index (Phi) is 4.47. The van der Waals surface area contributed by atoms with E-state index in [2.05, 4.69) is 5.32 Å². The summed E-state index contributed by atoms with van der Waals surface area (Å²) >= 11 is 0. The van der Waals surface area contributed by atoms with Crippen LogP contribution in [0, 0.1) is 0 Å². The zero-order chi connectivity index (χ0) is 15.6. The molecule has 0 fully saturated rings. The van der Waals surface area contributed by atoms with Crippen LogP contribution in [0.1, 0.15) is 35.7 Å². The van der Waals surface area contributed by atoms with E-state index in [1.165, 1.54) is 7.11 Å². The topological polar surface area (TPSA) is 84.9 Å². The molecule has 2 N–H and O–H groups in total. The van der Waals surface area contributed by atoms with Gasteiger partial charge in [-0.1, -0.05) is 19.1 Å². The van der Waals surface area contributed by atoms with Crippen molar-refractivity contribution in [1.82, 2.24) is 5.32 Å². The second kappa shape index (κ2) is 6.13. The fraction of sp³-hybridized carbons (Fsp3) is 0.467. The van der Waals surface area contributed by atoms with E-state index in [9.17, 15) is 9.59 Å². The molecule has 6 nitrogen and oxygen atoms in total. The molecule has 1 aromatic rings. The maximum absolute atomic E-state index is 12.2. The average molecular weight is 293 g/mol. The lowest BCUT2D eigenvalue weighted by Gasteiger charge is -2.13. The van der Waals surface area contributed by atoms with Crippen LogP contribution in [0.15, 0.2) is 18.2 Å². The maximum Gasteiger partial charge on any atom is 0.334 e. The first-order chi connectivity index (χ1) is 9.95. The monoisotopic (exact) mass is 293 g/mol. The number of amides is 1. The standard InChI is InChI=1S/C15H19NO5/c1-8-9(2)21-13-10(8)5-4-6-11(13)14(17)16-7-12(20-3)15(18)19/h4-6,8-9,12H,7H2,1-3H3,(H,16,17)(H,18,19). The second-order valence-electron chi connectivity index (χ2n) is 5.11. The number of fused-ring (bicyclic) bond motifs is 1. The van der Waals surface area contributed by atoms with Gasteiger partial charge in [-0.25, -0.2) is 4.79 Å². The Labute approximate surface area is 123 Å². The Hall–Kier alpha value is -2.08. The number of rotatable bonds is 5. The molecule has 1 heterocycles. The number of hydrogen-bond donors (Lipinski definition) is 2. The Morgan fingerprint density at radius 2 is 2.14 bits per heavy atom.